The van der Waals surface area contributed by atoms with E-state index in [0.717, 1.165) is 0 Å². The molecule has 0 radical (unpaired) electrons. The summed E-state index contributed by atoms with van der Waals surface area (Å²) in [5, 5.41) is 0.453. The summed E-state index contributed by atoms with van der Waals surface area (Å²) in [6, 6.07) is 10.4. The normalized spacial score (nSPS) is 13.3. The van der Waals surface area contributed by atoms with Crippen LogP contribution in [0.2, 0.25) is 5.02 Å². The van der Waals surface area contributed by atoms with Crippen LogP contribution in [0, 0.1) is 5.82 Å². The Labute approximate surface area is 133 Å². The topological polar surface area (TPSA) is 23.1 Å². The van der Waals surface area contributed by atoms with Crippen molar-refractivity contribution in [3.05, 3.63) is 52.8 Å². The van der Waals surface area contributed by atoms with Gasteiger partial charge in [-0.1, -0.05) is 50.6 Å². The van der Waals surface area contributed by atoms with E-state index < -0.39 is 11.2 Å². The third-order valence-corrected chi connectivity index (χ3v) is 4.61. The molecular formula is C17H18ClFOS. The monoisotopic (exact) mass is 324 g/mol. The van der Waals surface area contributed by atoms with Crippen LogP contribution in [0.3, 0.4) is 0 Å². The predicted molar refractivity (Wildman–Crippen MR) is 87.9 cm³/mol. The average Bonchev–Trinajstić information content (AvgIpc) is 2.38. The standard InChI is InChI=1S/C17H18ClFOS/c1-17(2,3)14-7-5-6-12(16(14)19)13-10-11(21(4)20)8-9-15(13)18/h5-10H,1-4H3. The van der Waals surface area contributed by atoms with E-state index in [9.17, 15) is 8.94 Å². The quantitative estimate of drug-likeness (QED) is 0.698. The van der Waals surface area contributed by atoms with Crippen LogP contribution in [0.5, 0.6) is 0 Å². The fourth-order valence-electron chi connectivity index (χ4n) is 2.21. The van der Waals surface area contributed by atoms with Gasteiger partial charge in [-0.25, -0.2) is 4.39 Å². The van der Waals surface area contributed by atoms with E-state index in [1.165, 1.54) is 0 Å². The smallest absolute Gasteiger partial charge is 0.153 e. The van der Waals surface area contributed by atoms with Gasteiger partial charge in [0.15, 0.2) is 4.90 Å². The lowest BCUT2D eigenvalue weighted by Crippen LogP contribution is -2.14. The zero-order valence-electron chi connectivity index (χ0n) is 12.5. The van der Waals surface area contributed by atoms with Crippen LogP contribution in [0.25, 0.3) is 11.1 Å². The first-order chi connectivity index (χ1) is 9.71. The maximum atomic E-state index is 14.8. The zero-order chi connectivity index (χ0) is 15.8. The molecule has 1 unspecified atom stereocenters. The van der Waals surface area contributed by atoms with Gasteiger partial charge in [0, 0.05) is 22.2 Å². The lowest BCUT2D eigenvalue weighted by atomic mass is 9.85. The van der Waals surface area contributed by atoms with Crippen molar-refractivity contribution in [1.82, 2.24) is 0 Å². The highest BCUT2D eigenvalue weighted by atomic mass is 35.5. The number of benzene rings is 2. The first-order valence-corrected chi connectivity index (χ1v) is 8.58. The molecule has 0 aliphatic rings. The molecule has 4 heteroatoms. The van der Waals surface area contributed by atoms with E-state index >= 15 is 0 Å². The number of halogens is 2. The Balaban J connectivity index is 2.65. The molecule has 2 rings (SSSR count). The zero-order valence-corrected chi connectivity index (χ0v) is 14.1. The van der Waals surface area contributed by atoms with Gasteiger partial charge in [-0.15, -0.1) is 0 Å². The highest BCUT2D eigenvalue weighted by molar-refractivity contribution is 7.90. The molecule has 0 aliphatic heterocycles. The Hall–Kier alpha value is -1.03. The van der Waals surface area contributed by atoms with Crippen molar-refractivity contribution in [3.63, 3.8) is 0 Å². The van der Waals surface area contributed by atoms with E-state index in [1.807, 2.05) is 26.8 Å². The first-order valence-electron chi connectivity index (χ1n) is 6.64. The van der Waals surface area contributed by atoms with E-state index in [0.29, 0.717) is 26.6 Å². The minimum absolute atomic E-state index is 0.272. The highest BCUT2D eigenvalue weighted by Crippen LogP contribution is 2.36. The van der Waals surface area contributed by atoms with Crippen molar-refractivity contribution >= 4 is 22.8 Å². The molecule has 1 nitrogen and oxygen atoms in total. The summed E-state index contributed by atoms with van der Waals surface area (Å²) in [6.45, 7) is 5.90. The van der Waals surface area contributed by atoms with Gasteiger partial charge >= 0.3 is 0 Å². The number of hydrogen-bond donors (Lipinski definition) is 0. The SMILES string of the molecule is C[S+]([O-])c1ccc(Cl)c(-c2cccc(C(C)(C)C)c2F)c1. The molecule has 0 saturated heterocycles. The van der Waals surface area contributed by atoms with Gasteiger partial charge in [0.05, 0.1) is 0 Å². The van der Waals surface area contributed by atoms with Crippen LogP contribution < -0.4 is 0 Å². The van der Waals surface area contributed by atoms with Crippen molar-refractivity contribution in [2.24, 2.45) is 0 Å². The molecule has 0 fully saturated rings. The highest BCUT2D eigenvalue weighted by Gasteiger charge is 2.22. The second kappa shape index (κ2) is 5.99. The van der Waals surface area contributed by atoms with Crippen LogP contribution >= 0.6 is 11.6 Å². The minimum atomic E-state index is -1.13. The van der Waals surface area contributed by atoms with Gasteiger partial charge in [0.1, 0.15) is 12.1 Å². The molecule has 0 aliphatic carbocycles. The molecule has 112 valence electrons. The van der Waals surface area contributed by atoms with E-state index in [2.05, 4.69) is 0 Å². The van der Waals surface area contributed by atoms with E-state index in [1.54, 1.807) is 36.6 Å². The minimum Gasteiger partial charge on any atom is -0.612 e. The molecule has 0 amide bonds. The molecule has 0 saturated carbocycles. The van der Waals surface area contributed by atoms with E-state index in [-0.39, 0.29) is 11.2 Å². The maximum absolute atomic E-state index is 14.8. The van der Waals surface area contributed by atoms with Gasteiger partial charge in [0.2, 0.25) is 0 Å². The van der Waals surface area contributed by atoms with Crippen LogP contribution in [0.4, 0.5) is 4.39 Å². The van der Waals surface area contributed by atoms with Crippen LogP contribution in [-0.2, 0) is 16.6 Å². The van der Waals surface area contributed by atoms with Crippen LogP contribution in [-0.4, -0.2) is 10.8 Å². The molecule has 0 heterocycles. The first kappa shape index (κ1) is 16.3. The molecule has 21 heavy (non-hydrogen) atoms. The Kier molecular flexibility index (Phi) is 4.66. The lowest BCUT2D eigenvalue weighted by Gasteiger charge is -2.21. The van der Waals surface area contributed by atoms with Crippen LogP contribution in [0.1, 0.15) is 26.3 Å². The van der Waals surface area contributed by atoms with Gasteiger partial charge in [-0.3, -0.25) is 0 Å². The van der Waals surface area contributed by atoms with Crippen molar-refractivity contribution in [1.29, 1.82) is 0 Å². The summed E-state index contributed by atoms with van der Waals surface area (Å²) in [7, 11) is 0. The summed E-state index contributed by atoms with van der Waals surface area (Å²) >= 11 is 5.08. The lowest BCUT2D eigenvalue weighted by molar-refractivity contribution is 0.525. The summed E-state index contributed by atoms with van der Waals surface area (Å²) in [4.78, 5) is 0.634. The molecule has 0 spiro atoms. The molecule has 0 aromatic heterocycles. The third kappa shape index (κ3) is 3.42. The van der Waals surface area contributed by atoms with Gasteiger partial charge in [-0.2, -0.15) is 0 Å². The average molecular weight is 325 g/mol. The Bertz CT molecular complexity index is 662. The van der Waals surface area contributed by atoms with Crippen molar-refractivity contribution < 1.29 is 8.94 Å². The number of rotatable bonds is 2. The molecule has 2 aromatic carbocycles. The van der Waals surface area contributed by atoms with Gasteiger partial charge in [-0.05, 0) is 34.3 Å². The predicted octanol–water partition coefficient (Wildman–Crippen LogP) is 5.18. The Morgan fingerprint density at radius 2 is 1.76 bits per heavy atom. The Morgan fingerprint density at radius 3 is 2.33 bits per heavy atom. The molecule has 2 aromatic rings. The van der Waals surface area contributed by atoms with Crippen LogP contribution in [0.15, 0.2) is 41.3 Å². The molecule has 0 bridgehead atoms. The fraction of sp³-hybridized carbons (Fsp3) is 0.294. The van der Waals surface area contributed by atoms with Crippen molar-refractivity contribution in [3.8, 4) is 11.1 Å². The molecule has 0 N–H and O–H groups in total. The fourth-order valence-corrected chi connectivity index (χ4v) is 2.97. The largest absolute Gasteiger partial charge is 0.612 e. The summed E-state index contributed by atoms with van der Waals surface area (Å²) < 4.78 is 26.5. The Morgan fingerprint density at radius 1 is 1.10 bits per heavy atom. The van der Waals surface area contributed by atoms with Gasteiger partial charge < -0.3 is 4.55 Å². The summed E-state index contributed by atoms with van der Waals surface area (Å²) in [5.41, 5.74) is 1.37. The summed E-state index contributed by atoms with van der Waals surface area (Å²) in [6.07, 6.45) is 1.59. The number of hydrogen-bond acceptors (Lipinski definition) is 1. The second-order valence-corrected chi connectivity index (χ2v) is 7.80. The van der Waals surface area contributed by atoms with Crippen molar-refractivity contribution in [2.45, 2.75) is 31.1 Å². The molecular weight excluding hydrogens is 307 g/mol. The second-order valence-electron chi connectivity index (χ2n) is 6.01. The maximum Gasteiger partial charge on any atom is 0.153 e. The van der Waals surface area contributed by atoms with E-state index in [4.69, 9.17) is 11.6 Å². The van der Waals surface area contributed by atoms with Crippen molar-refractivity contribution in [2.75, 3.05) is 6.26 Å². The van der Waals surface area contributed by atoms with Gasteiger partial charge in [0.25, 0.3) is 0 Å². The molecule has 1 atom stereocenters. The summed E-state index contributed by atoms with van der Waals surface area (Å²) in [5.74, 6) is -0.272. The third-order valence-electron chi connectivity index (χ3n) is 3.37.